The SMILES string of the molecule is CC1(C(=O)N2CC3CCCCC3C2)CCNC1. The van der Waals surface area contributed by atoms with E-state index in [1.54, 1.807) is 0 Å². The van der Waals surface area contributed by atoms with Crippen LogP contribution in [0.15, 0.2) is 0 Å². The van der Waals surface area contributed by atoms with Crippen molar-refractivity contribution in [2.24, 2.45) is 17.3 Å². The van der Waals surface area contributed by atoms with Crippen molar-refractivity contribution >= 4 is 5.91 Å². The predicted molar refractivity (Wildman–Crippen MR) is 67.6 cm³/mol. The average molecular weight is 236 g/mol. The Labute approximate surface area is 104 Å². The predicted octanol–water partition coefficient (Wildman–Crippen LogP) is 1.63. The summed E-state index contributed by atoms with van der Waals surface area (Å²) in [5.74, 6) is 2.04. The second-order valence-electron chi connectivity index (χ2n) is 6.50. The van der Waals surface area contributed by atoms with Crippen molar-refractivity contribution in [1.29, 1.82) is 0 Å². The lowest BCUT2D eigenvalue weighted by atomic mass is 9.82. The van der Waals surface area contributed by atoms with Crippen LogP contribution >= 0.6 is 0 Å². The standard InChI is InChI=1S/C14H24N2O/c1-14(6-7-15-10-14)13(17)16-8-11-4-2-3-5-12(11)9-16/h11-12,15H,2-10H2,1H3. The molecule has 2 saturated heterocycles. The molecule has 0 aromatic heterocycles. The van der Waals surface area contributed by atoms with Gasteiger partial charge in [0.2, 0.25) is 5.91 Å². The van der Waals surface area contributed by atoms with Crippen LogP contribution in [0.1, 0.15) is 39.0 Å². The van der Waals surface area contributed by atoms with E-state index >= 15 is 0 Å². The van der Waals surface area contributed by atoms with Gasteiger partial charge in [-0.1, -0.05) is 12.8 Å². The number of fused-ring (bicyclic) bond motifs is 1. The second-order valence-corrected chi connectivity index (χ2v) is 6.50. The van der Waals surface area contributed by atoms with Crippen molar-refractivity contribution in [2.45, 2.75) is 39.0 Å². The fraction of sp³-hybridized carbons (Fsp3) is 0.929. The molecule has 0 spiro atoms. The number of likely N-dealkylation sites (tertiary alicyclic amines) is 1. The molecule has 3 aliphatic rings. The molecular formula is C14H24N2O. The second kappa shape index (κ2) is 4.27. The molecule has 0 radical (unpaired) electrons. The minimum Gasteiger partial charge on any atom is -0.342 e. The van der Waals surface area contributed by atoms with E-state index in [9.17, 15) is 4.79 Å². The van der Waals surface area contributed by atoms with Gasteiger partial charge in [-0.25, -0.2) is 0 Å². The fourth-order valence-electron chi connectivity index (χ4n) is 3.95. The van der Waals surface area contributed by atoms with Crippen molar-refractivity contribution < 1.29 is 4.79 Å². The Morgan fingerprint density at radius 2 is 1.88 bits per heavy atom. The Balaban J connectivity index is 1.67. The molecule has 96 valence electrons. The summed E-state index contributed by atoms with van der Waals surface area (Å²) in [6.45, 7) is 6.09. The minimum atomic E-state index is -0.118. The number of hydrogen-bond donors (Lipinski definition) is 1. The zero-order chi connectivity index (χ0) is 11.9. The van der Waals surface area contributed by atoms with Crippen LogP contribution < -0.4 is 5.32 Å². The fourth-order valence-corrected chi connectivity index (χ4v) is 3.95. The van der Waals surface area contributed by atoms with Gasteiger partial charge in [0, 0.05) is 19.6 Å². The van der Waals surface area contributed by atoms with Crippen molar-refractivity contribution in [1.82, 2.24) is 10.2 Å². The van der Waals surface area contributed by atoms with Gasteiger partial charge >= 0.3 is 0 Å². The van der Waals surface area contributed by atoms with Gasteiger partial charge in [0.15, 0.2) is 0 Å². The van der Waals surface area contributed by atoms with Crippen LogP contribution in [0.25, 0.3) is 0 Å². The highest BCUT2D eigenvalue weighted by Crippen LogP contribution is 2.38. The van der Waals surface area contributed by atoms with Crippen molar-refractivity contribution in [3.05, 3.63) is 0 Å². The smallest absolute Gasteiger partial charge is 0.229 e. The number of nitrogens with zero attached hydrogens (tertiary/aromatic N) is 1. The molecule has 3 unspecified atom stereocenters. The van der Waals surface area contributed by atoms with Gasteiger partial charge < -0.3 is 10.2 Å². The highest BCUT2D eigenvalue weighted by molar-refractivity contribution is 5.83. The molecule has 3 atom stereocenters. The first kappa shape index (κ1) is 11.5. The summed E-state index contributed by atoms with van der Waals surface area (Å²) < 4.78 is 0. The van der Waals surface area contributed by atoms with Crippen LogP contribution in [0.3, 0.4) is 0 Å². The van der Waals surface area contributed by atoms with Gasteiger partial charge in [0.1, 0.15) is 0 Å². The molecule has 1 amide bonds. The lowest BCUT2D eigenvalue weighted by Crippen LogP contribution is -2.42. The molecule has 3 rings (SSSR count). The van der Waals surface area contributed by atoms with E-state index in [2.05, 4.69) is 17.1 Å². The van der Waals surface area contributed by atoms with Crippen LogP contribution in [0.4, 0.5) is 0 Å². The summed E-state index contributed by atoms with van der Waals surface area (Å²) >= 11 is 0. The number of amides is 1. The van der Waals surface area contributed by atoms with E-state index < -0.39 is 0 Å². The summed E-state index contributed by atoms with van der Waals surface area (Å²) in [4.78, 5) is 14.8. The summed E-state index contributed by atoms with van der Waals surface area (Å²) in [7, 11) is 0. The molecule has 1 N–H and O–H groups in total. The molecule has 2 heterocycles. The van der Waals surface area contributed by atoms with Crippen LogP contribution in [0, 0.1) is 17.3 Å². The first-order valence-electron chi connectivity index (χ1n) is 7.19. The Morgan fingerprint density at radius 1 is 1.24 bits per heavy atom. The van der Waals surface area contributed by atoms with E-state index in [0.717, 1.165) is 44.4 Å². The molecule has 1 saturated carbocycles. The Morgan fingerprint density at radius 3 is 2.41 bits per heavy atom. The molecule has 0 aromatic rings. The first-order valence-corrected chi connectivity index (χ1v) is 7.19. The average Bonchev–Trinajstić information content (AvgIpc) is 2.94. The van der Waals surface area contributed by atoms with Gasteiger partial charge in [-0.05, 0) is 44.6 Å². The van der Waals surface area contributed by atoms with Crippen molar-refractivity contribution in [2.75, 3.05) is 26.2 Å². The zero-order valence-corrected chi connectivity index (χ0v) is 10.9. The quantitative estimate of drug-likeness (QED) is 0.750. The maximum atomic E-state index is 12.6. The van der Waals surface area contributed by atoms with Crippen LogP contribution in [-0.2, 0) is 4.79 Å². The third-order valence-electron chi connectivity index (χ3n) is 5.15. The van der Waals surface area contributed by atoms with Crippen LogP contribution in [0.2, 0.25) is 0 Å². The number of nitrogens with one attached hydrogen (secondary N) is 1. The van der Waals surface area contributed by atoms with Crippen LogP contribution in [0.5, 0.6) is 0 Å². The summed E-state index contributed by atoms with van der Waals surface area (Å²) in [6, 6.07) is 0. The van der Waals surface area contributed by atoms with E-state index in [-0.39, 0.29) is 5.41 Å². The molecule has 1 aliphatic carbocycles. The largest absolute Gasteiger partial charge is 0.342 e. The number of carbonyl (C=O) groups excluding carboxylic acids is 1. The third-order valence-corrected chi connectivity index (χ3v) is 5.15. The molecule has 3 nitrogen and oxygen atoms in total. The van der Waals surface area contributed by atoms with E-state index in [0.29, 0.717) is 5.91 Å². The summed E-state index contributed by atoms with van der Waals surface area (Å²) in [6.07, 6.45) is 6.47. The van der Waals surface area contributed by atoms with E-state index in [1.165, 1.54) is 25.7 Å². The summed E-state index contributed by atoms with van der Waals surface area (Å²) in [5, 5.41) is 3.33. The maximum Gasteiger partial charge on any atom is 0.229 e. The normalized spacial score (nSPS) is 41.6. The van der Waals surface area contributed by atoms with Gasteiger partial charge in [0.25, 0.3) is 0 Å². The topological polar surface area (TPSA) is 32.3 Å². The Kier molecular flexibility index (Phi) is 2.89. The highest BCUT2D eigenvalue weighted by atomic mass is 16.2. The molecule has 3 heteroatoms. The van der Waals surface area contributed by atoms with Gasteiger partial charge in [-0.15, -0.1) is 0 Å². The number of carbonyl (C=O) groups is 1. The number of rotatable bonds is 1. The summed E-state index contributed by atoms with van der Waals surface area (Å²) in [5.41, 5.74) is -0.118. The molecule has 17 heavy (non-hydrogen) atoms. The Bertz CT molecular complexity index is 295. The van der Waals surface area contributed by atoms with Gasteiger partial charge in [-0.2, -0.15) is 0 Å². The zero-order valence-electron chi connectivity index (χ0n) is 10.9. The molecule has 2 aliphatic heterocycles. The van der Waals surface area contributed by atoms with Gasteiger partial charge in [-0.3, -0.25) is 4.79 Å². The lowest BCUT2D eigenvalue weighted by molar-refractivity contribution is -0.139. The molecular weight excluding hydrogens is 212 g/mol. The van der Waals surface area contributed by atoms with Crippen LogP contribution in [-0.4, -0.2) is 37.0 Å². The van der Waals surface area contributed by atoms with Gasteiger partial charge in [0.05, 0.1) is 5.41 Å². The molecule has 3 fully saturated rings. The Hall–Kier alpha value is -0.570. The molecule has 0 bridgehead atoms. The maximum absolute atomic E-state index is 12.6. The monoisotopic (exact) mass is 236 g/mol. The lowest BCUT2D eigenvalue weighted by Gasteiger charge is -2.28. The van der Waals surface area contributed by atoms with Crippen molar-refractivity contribution in [3.63, 3.8) is 0 Å². The molecule has 0 aromatic carbocycles. The highest BCUT2D eigenvalue weighted by Gasteiger charge is 2.44. The third kappa shape index (κ3) is 1.99. The first-order chi connectivity index (χ1) is 8.19. The van der Waals surface area contributed by atoms with E-state index in [1.807, 2.05) is 0 Å². The van der Waals surface area contributed by atoms with E-state index in [4.69, 9.17) is 0 Å². The van der Waals surface area contributed by atoms with Crippen molar-refractivity contribution in [3.8, 4) is 0 Å². The minimum absolute atomic E-state index is 0.118. The number of hydrogen-bond acceptors (Lipinski definition) is 2.